The van der Waals surface area contributed by atoms with Crippen LogP contribution in [0.1, 0.15) is 81.9 Å². The van der Waals surface area contributed by atoms with Crippen LogP contribution >= 0.6 is 0 Å². The molecule has 6 unspecified atom stereocenters. The molecule has 3 aromatic carbocycles. The van der Waals surface area contributed by atoms with Gasteiger partial charge in [-0.1, -0.05) is 109 Å². The van der Waals surface area contributed by atoms with Crippen LogP contribution in [0.2, 0.25) is 0 Å². The van der Waals surface area contributed by atoms with Crippen molar-refractivity contribution >= 4 is 29.2 Å². The van der Waals surface area contributed by atoms with Gasteiger partial charge in [0, 0.05) is 28.2 Å². The molecule has 0 amide bonds. The second kappa shape index (κ2) is 9.33. The van der Waals surface area contributed by atoms with Crippen LogP contribution in [-0.2, 0) is 11.2 Å². The van der Waals surface area contributed by atoms with Crippen LogP contribution in [0.3, 0.4) is 0 Å². The number of aliphatic imine (C=N–C) groups is 1. The fraction of sp³-hybridized carbons (Fsp3) is 0.233. The number of ether oxygens (including phenoxy) is 2. The molecular formula is C43H33NO2. The molecule has 2 aliphatic heterocycles. The predicted molar refractivity (Wildman–Crippen MR) is 184 cm³/mol. The minimum absolute atomic E-state index is 0.0419. The number of hydrogen-bond acceptors (Lipinski definition) is 3. The lowest BCUT2D eigenvalue weighted by Crippen LogP contribution is -2.24. The zero-order valence-corrected chi connectivity index (χ0v) is 25.5. The molecule has 0 fully saturated rings. The zero-order valence-electron chi connectivity index (χ0n) is 25.5. The first-order valence-corrected chi connectivity index (χ1v) is 16.9. The van der Waals surface area contributed by atoms with E-state index in [4.69, 9.17) is 14.5 Å². The van der Waals surface area contributed by atoms with E-state index in [2.05, 4.69) is 115 Å². The summed E-state index contributed by atoms with van der Waals surface area (Å²) in [5.74, 6) is 3.00. The van der Waals surface area contributed by atoms with Gasteiger partial charge >= 0.3 is 0 Å². The van der Waals surface area contributed by atoms with Crippen molar-refractivity contribution in [2.24, 2.45) is 16.8 Å². The van der Waals surface area contributed by atoms with Crippen molar-refractivity contribution < 1.29 is 9.47 Å². The molecule has 0 saturated carbocycles. The Kier molecular flexibility index (Phi) is 5.13. The number of nitrogens with zero attached hydrogens (tertiary/aromatic N) is 1. The lowest BCUT2D eigenvalue weighted by atomic mass is 9.72. The topological polar surface area (TPSA) is 30.8 Å². The Labute approximate surface area is 269 Å². The fourth-order valence-electron chi connectivity index (χ4n) is 9.38. The zero-order chi connectivity index (χ0) is 29.9. The molecule has 0 saturated heterocycles. The van der Waals surface area contributed by atoms with Crippen LogP contribution in [0.5, 0.6) is 5.75 Å². The van der Waals surface area contributed by atoms with Crippen molar-refractivity contribution in [2.75, 3.05) is 0 Å². The monoisotopic (exact) mass is 595 g/mol. The van der Waals surface area contributed by atoms with E-state index in [0.717, 1.165) is 37.3 Å². The van der Waals surface area contributed by atoms with Gasteiger partial charge in [-0.2, -0.15) is 0 Å². The van der Waals surface area contributed by atoms with Crippen LogP contribution in [-0.4, -0.2) is 11.9 Å². The molecule has 0 aromatic heterocycles. The molecule has 3 heteroatoms. The number of allylic oxidation sites excluding steroid dienone is 9. The van der Waals surface area contributed by atoms with Gasteiger partial charge in [0.05, 0.1) is 0 Å². The summed E-state index contributed by atoms with van der Waals surface area (Å²) in [6.07, 6.45) is 27.5. The van der Waals surface area contributed by atoms with Crippen LogP contribution < -0.4 is 4.74 Å². The summed E-state index contributed by atoms with van der Waals surface area (Å²) in [4.78, 5) is 5.07. The quantitative estimate of drug-likeness (QED) is 0.295. The molecule has 2 heterocycles. The fourth-order valence-corrected chi connectivity index (χ4v) is 9.38. The molecular weight excluding hydrogens is 562 g/mol. The minimum atomic E-state index is -0.0419. The maximum atomic E-state index is 6.71. The molecule has 8 aliphatic rings. The van der Waals surface area contributed by atoms with Crippen molar-refractivity contribution in [3.63, 3.8) is 0 Å². The summed E-state index contributed by atoms with van der Waals surface area (Å²) in [5, 5.41) is 0. The molecule has 0 bridgehead atoms. The first-order valence-electron chi connectivity index (χ1n) is 16.9. The third kappa shape index (κ3) is 3.46. The largest absolute Gasteiger partial charge is 0.484 e. The van der Waals surface area contributed by atoms with Crippen molar-refractivity contribution in [3.8, 4) is 5.75 Å². The Morgan fingerprint density at radius 3 is 2.59 bits per heavy atom. The van der Waals surface area contributed by atoms with E-state index in [1.165, 1.54) is 66.8 Å². The number of benzene rings is 3. The molecule has 0 N–H and O–H groups in total. The van der Waals surface area contributed by atoms with Crippen molar-refractivity contribution in [3.05, 3.63) is 159 Å². The molecule has 3 aromatic rings. The van der Waals surface area contributed by atoms with Gasteiger partial charge < -0.3 is 9.47 Å². The van der Waals surface area contributed by atoms with Crippen LogP contribution in [0.4, 0.5) is 0 Å². The van der Waals surface area contributed by atoms with Gasteiger partial charge in [-0.15, -0.1) is 0 Å². The Bertz CT molecular complexity index is 2150. The molecule has 11 rings (SSSR count). The number of para-hydroxylation sites is 1. The lowest BCUT2D eigenvalue weighted by Gasteiger charge is -2.33. The molecule has 222 valence electrons. The van der Waals surface area contributed by atoms with Gasteiger partial charge in [0.1, 0.15) is 17.9 Å². The van der Waals surface area contributed by atoms with Gasteiger partial charge in [-0.05, 0) is 88.1 Å². The summed E-state index contributed by atoms with van der Waals surface area (Å²) >= 11 is 0. The van der Waals surface area contributed by atoms with Crippen LogP contribution in [0.25, 0.3) is 23.3 Å². The van der Waals surface area contributed by atoms with E-state index < -0.39 is 0 Å². The first kappa shape index (κ1) is 25.3. The van der Waals surface area contributed by atoms with Gasteiger partial charge in [-0.25, -0.2) is 4.99 Å². The lowest BCUT2D eigenvalue weighted by molar-refractivity contribution is 0.206. The molecule has 6 atom stereocenters. The summed E-state index contributed by atoms with van der Waals surface area (Å²) in [6.45, 7) is 0. The Balaban J connectivity index is 0.920. The Morgan fingerprint density at radius 1 is 0.761 bits per heavy atom. The summed E-state index contributed by atoms with van der Waals surface area (Å²) in [7, 11) is 0. The van der Waals surface area contributed by atoms with E-state index in [0.29, 0.717) is 11.8 Å². The van der Waals surface area contributed by atoms with Crippen molar-refractivity contribution in [1.82, 2.24) is 0 Å². The van der Waals surface area contributed by atoms with Crippen LogP contribution in [0.15, 0.2) is 119 Å². The Hall–Kier alpha value is -4.89. The maximum absolute atomic E-state index is 6.71. The van der Waals surface area contributed by atoms with Gasteiger partial charge in [0.2, 0.25) is 5.90 Å². The second-order valence-corrected chi connectivity index (χ2v) is 13.9. The van der Waals surface area contributed by atoms with Crippen molar-refractivity contribution in [2.45, 2.75) is 49.9 Å². The number of fused-ring (bicyclic) bond motifs is 11. The third-order valence-corrected chi connectivity index (χ3v) is 11.6. The van der Waals surface area contributed by atoms with Gasteiger partial charge in [0.25, 0.3) is 0 Å². The van der Waals surface area contributed by atoms with Crippen molar-refractivity contribution in [1.29, 1.82) is 0 Å². The van der Waals surface area contributed by atoms with E-state index >= 15 is 0 Å². The summed E-state index contributed by atoms with van der Waals surface area (Å²) < 4.78 is 13.3. The average Bonchev–Trinajstić information content (AvgIpc) is 3.81. The van der Waals surface area contributed by atoms with E-state index in [-0.39, 0.29) is 24.2 Å². The SMILES string of the molecule is C1=CCCC(C2=NC3C=Cc4ccc5c(c4C3O2)CC(C2C=CC3=C(C2)C2=CC4c6ccccc6OC4c4cccc3c42)C=C5)=C1. The summed E-state index contributed by atoms with van der Waals surface area (Å²) in [6, 6.07) is 20.0. The second-order valence-electron chi connectivity index (χ2n) is 13.9. The van der Waals surface area contributed by atoms with E-state index in [9.17, 15) is 0 Å². The number of hydrogen-bond donors (Lipinski definition) is 0. The average molecular weight is 596 g/mol. The first-order chi connectivity index (χ1) is 22.8. The highest BCUT2D eigenvalue weighted by atomic mass is 16.5. The molecule has 3 nitrogen and oxygen atoms in total. The normalized spacial score (nSPS) is 29.7. The minimum Gasteiger partial charge on any atom is -0.484 e. The summed E-state index contributed by atoms with van der Waals surface area (Å²) in [5.41, 5.74) is 16.4. The standard InChI is InChI=1S/C43H33NO2/c1-2-7-26(8-3-1)43-44-37-20-18-25-15-13-24-14-16-27(21-33(24)39(25)42(37)46-43)28-17-19-29-31-10-6-11-32-40(31)35(34(29)22-28)23-36-30-9-4-5-12-38(30)45-41(32)36/h1-2,4-7,9-20,23,27-28,36-37,41-42H,3,8,21-22H2. The molecule has 46 heavy (non-hydrogen) atoms. The maximum Gasteiger partial charge on any atom is 0.213 e. The van der Waals surface area contributed by atoms with Gasteiger partial charge in [0.15, 0.2) is 6.10 Å². The number of rotatable bonds is 2. The Morgan fingerprint density at radius 2 is 1.63 bits per heavy atom. The molecule has 6 aliphatic carbocycles. The van der Waals surface area contributed by atoms with Gasteiger partial charge in [-0.3, -0.25) is 0 Å². The van der Waals surface area contributed by atoms with Crippen LogP contribution in [0, 0.1) is 11.8 Å². The third-order valence-electron chi connectivity index (χ3n) is 11.6. The highest BCUT2D eigenvalue weighted by Gasteiger charge is 2.44. The highest BCUT2D eigenvalue weighted by molar-refractivity contribution is 6.05. The molecule has 0 spiro atoms. The smallest absolute Gasteiger partial charge is 0.213 e. The highest BCUT2D eigenvalue weighted by Crippen LogP contribution is 2.59. The van der Waals surface area contributed by atoms with E-state index in [1.807, 2.05) is 0 Å². The van der Waals surface area contributed by atoms with E-state index in [1.54, 1.807) is 0 Å². The molecule has 0 radical (unpaired) electrons. The predicted octanol–water partition coefficient (Wildman–Crippen LogP) is 9.67.